The lowest BCUT2D eigenvalue weighted by molar-refractivity contribution is 0.0435. The molecule has 14 heavy (non-hydrogen) atoms. The first kappa shape index (κ1) is 9.71. The van der Waals surface area contributed by atoms with Crippen molar-refractivity contribution in [1.82, 2.24) is 9.78 Å². The standard InChI is InChI=1S/C11H18N2O/c1-9-3-5-11(14,7-9)8-10-4-6-13(2)12-10/h4,6,9,14H,3,5,7-8H2,1-2H3. The maximum Gasteiger partial charge on any atom is 0.0706 e. The Labute approximate surface area is 84.7 Å². The molecule has 0 amide bonds. The summed E-state index contributed by atoms with van der Waals surface area (Å²) in [5.74, 6) is 0.656. The molecular weight excluding hydrogens is 176 g/mol. The van der Waals surface area contributed by atoms with Crippen molar-refractivity contribution in [2.24, 2.45) is 13.0 Å². The summed E-state index contributed by atoms with van der Waals surface area (Å²) in [6, 6.07) is 1.99. The van der Waals surface area contributed by atoms with Gasteiger partial charge < -0.3 is 5.11 Å². The van der Waals surface area contributed by atoms with Gasteiger partial charge in [-0.15, -0.1) is 0 Å². The van der Waals surface area contributed by atoms with Crippen molar-refractivity contribution < 1.29 is 5.11 Å². The Morgan fingerprint density at radius 2 is 2.50 bits per heavy atom. The normalized spacial score (nSPS) is 32.4. The van der Waals surface area contributed by atoms with E-state index >= 15 is 0 Å². The van der Waals surface area contributed by atoms with Crippen molar-refractivity contribution in [2.45, 2.75) is 38.2 Å². The average molecular weight is 194 g/mol. The summed E-state index contributed by atoms with van der Waals surface area (Å²) >= 11 is 0. The second kappa shape index (κ2) is 3.39. The highest BCUT2D eigenvalue weighted by atomic mass is 16.3. The molecule has 2 atom stereocenters. The first-order valence-corrected chi connectivity index (χ1v) is 5.28. The molecular formula is C11H18N2O. The van der Waals surface area contributed by atoms with E-state index in [0.717, 1.165) is 25.0 Å². The average Bonchev–Trinajstić information content (AvgIpc) is 2.60. The molecule has 2 rings (SSSR count). The van der Waals surface area contributed by atoms with Gasteiger partial charge in [0, 0.05) is 19.7 Å². The summed E-state index contributed by atoms with van der Waals surface area (Å²) in [6.45, 7) is 2.20. The summed E-state index contributed by atoms with van der Waals surface area (Å²) in [6.07, 6.45) is 5.62. The molecule has 1 aromatic heterocycles. The van der Waals surface area contributed by atoms with Gasteiger partial charge in [-0.25, -0.2) is 0 Å². The Bertz CT molecular complexity index is 321. The van der Waals surface area contributed by atoms with Gasteiger partial charge in [0.25, 0.3) is 0 Å². The van der Waals surface area contributed by atoms with Crippen LogP contribution in [0.1, 0.15) is 31.9 Å². The van der Waals surface area contributed by atoms with Crippen LogP contribution in [0.25, 0.3) is 0 Å². The molecule has 1 aliphatic carbocycles. The van der Waals surface area contributed by atoms with Crippen molar-refractivity contribution >= 4 is 0 Å². The second-order valence-corrected chi connectivity index (χ2v) is 4.73. The van der Waals surface area contributed by atoms with Gasteiger partial charge in [-0.2, -0.15) is 5.10 Å². The van der Waals surface area contributed by atoms with Gasteiger partial charge in [-0.1, -0.05) is 6.92 Å². The topological polar surface area (TPSA) is 38.0 Å². The lowest BCUT2D eigenvalue weighted by Gasteiger charge is -2.21. The summed E-state index contributed by atoms with van der Waals surface area (Å²) in [7, 11) is 1.91. The van der Waals surface area contributed by atoms with E-state index in [-0.39, 0.29) is 0 Å². The maximum atomic E-state index is 10.3. The molecule has 0 aromatic carbocycles. The lowest BCUT2D eigenvalue weighted by atomic mass is 9.95. The summed E-state index contributed by atoms with van der Waals surface area (Å²) < 4.78 is 1.79. The van der Waals surface area contributed by atoms with E-state index < -0.39 is 5.60 Å². The molecule has 0 saturated heterocycles. The van der Waals surface area contributed by atoms with Crippen LogP contribution in [0.4, 0.5) is 0 Å². The smallest absolute Gasteiger partial charge is 0.0706 e. The first-order valence-electron chi connectivity index (χ1n) is 5.28. The molecule has 1 aliphatic rings. The number of hydrogen-bond donors (Lipinski definition) is 1. The van der Waals surface area contributed by atoms with Crippen LogP contribution in [-0.2, 0) is 13.5 Å². The van der Waals surface area contributed by atoms with E-state index in [9.17, 15) is 5.11 Å². The van der Waals surface area contributed by atoms with Gasteiger partial charge in [0.2, 0.25) is 0 Å². The predicted molar refractivity (Wildman–Crippen MR) is 54.9 cm³/mol. The number of aromatic nitrogens is 2. The van der Waals surface area contributed by atoms with Gasteiger partial charge in [0.1, 0.15) is 0 Å². The van der Waals surface area contributed by atoms with Gasteiger partial charge in [0.15, 0.2) is 0 Å². The van der Waals surface area contributed by atoms with E-state index in [2.05, 4.69) is 12.0 Å². The molecule has 3 heteroatoms. The fourth-order valence-electron chi connectivity index (χ4n) is 2.42. The molecule has 1 fully saturated rings. The highest BCUT2D eigenvalue weighted by Crippen LogP contribution is 2.36. The molecule has 1 saturated carbocycles. The molecule has 1 aromatic rings. The largest absolute Gasteiger partial charge is 0.389 e. The van der Waals surface area contributed by atoms with Crippen molar-refractivity contribution in [3.63, 3.8) is 0 Å². The molecule has 0 aliphatic heterocycles. The Morgan fingerprint density at radius 3 is 3.00 bits per heavy atom. The molecule has 1 N–H and O–H groups in total. The number of aryl methyl sites for hydroxylation is 1. The minimum absolute atomic E-state index is 0.492. The number of nitrogens with zero attached hydrogens (tertiary/aromatic N) is 2. The van der Waals surface area contributed by atoms with Crippen LogP contribution in [0.3, 0.4) is 0 Å². The summed E-state index contributed by atoms with van der Waals surface area (Å²) in [5.41, 5.74) is 0.512. The Balaban J connectivity index is 2.03. The van der Waals surface area contributed by atoms with Gasteiger partial charge in [-0.05, 0) is 31.2 Å². The minimum Gasteiger partial charge on any atom is -0.389 e. The molecule has 1 heterocycles. The molecule has 0 spiro atoms. The van der Waals surface area contributed by atoms with E-state index in [4.69, 9.17) is 0 Å². The number of aliphatic hydroxyl groups is 1. The number of hydrogen-bond acceptors (Lipinski definition) is 2. The van der Waals surface area contributed by atoms with E-state index in [1.54, 1.807) is 4.68 Å². The van der Waals surface area contributed by atoms with Gasteiger partial charge >= 0.3 is 0 Å². The molecule has 2 unspecified atom stereocenters. The van der Waals surface area contributed by atoms with Crippen molar-refractivity contribution in [3.8, 4) is 0 Å². The van der Waals surface area contributed by atoms with Crippen molar-refractivity contribution in [1.29, 1.82) is 0 Å². The Kier molecular flexibility index (Phi) is 2.35. The van der Waals surface area contributed by atoms with Crippen LogP contribution < -0.4 is 0 Å². The third-order valence-corrected chi connectivity index (χ3v) is 3.11. The van der Waals surface area contributed by atoms with E-state index in [1.165, 1.54) is 0 Å². The second-order valence-electron chi connectivity index (χ2n) is 4.73. The highest BCUT2D eigenvalue weighted by Gasteiger charge is 2.35. The molecule has 3 nitrogen and oxygen atoms in total. The fourth-order valence-corrected chi connectivity index (χ4v) is 2.42. The third-order valence-electron chi connectivity index (χ3n) is 3.11. The Morgan fingerprint density at radius 1 is 1.71 bits per heavy atom. The van der Waals surface area contributed by atoms with E-state index in [1.807, 2.05) is 19.3 Å². The van der Waals surface area contributed by atoms with Crippen LogP contribution in [-0.4, -0.2) is 20.5 Å². The zero-order valence-electron chi connectivity index (χ0n) is 8.90. The van der Waals surface area contributed by atoms with Crippen LogP contribution in [0.15, 0.2) is 12.3 Å². The molecule has 0 bridgehead atoms. The molecule has 0 radical (unpaired) electrons. The van der Waals surface area contributed by atoms with Gasteiger partial charge in [-0.3, -0.25) is 4.68 Å². The molecule has 78 valence electrons. The predicted octanol–water partition coefficient (Wildman–Crippen LogP) is 1.51. The monoisotopic (exact) mass is 194 g/mol. The zero-order chi connectivity index (χ0) is 10.2. The van der Waals surface area contributed by atoms with Crippen molar-refractivity contribution in [3.05, 3.63) is 18.0 Å². The van der Waals surface area contributed by atoms with E-state index in [0.29, 0.717) is 12.3 Å². The lowest BCUT2D eigenvalue weighted by Crippen LogP contribution is -2.28. The zero-order valence-corrected chi connectivity index (χ0v) is 8.90. The van der Waals surface area contributed by atoms with Crippen LogP contribution in [0, 0.1) is 5.92 Å². The van der Waals surface area contributed by atoms with Crippen LogP contribution >= 0.6 is 0 Å². The summed E-state index contributed by atoms with van der Waals surface area (Å²) in [4.78, 5) is 0. The third kappa shape index (κ3) is 1.98. The number of rotatable bonds is 2. The van der Waals surface area contributed by atoms with Gasteiger partial charge in [0.05, 0.1) is 11.3 Å². The summed E-state index contributed by atoms with van der Waals surface area (Å²) in [5, 5.41) is 14.6. The first-order chi connectivity index (χ1) is 6.57. The van der Waals surface area contributed by atoms with Crippen molar-refractivity contribution in [2.75, 3.05) is 0 Å². The van der Waals surface area contributed by atoms with Crippen LogP contribution in [0.5, 0.6) is 0 Å². The fraction of sp³-hybridized carbons (Fsp3) is 0.727. The van der Waals surface area contributed by atoms with Crippen LogP contribution in [0.2, 0.25) is 0 Å². The Hall–Kier alpha value is -0.830. The maximum absolute atomic E-state index is 10.3. The minimum atomic E-state index is -0.492. The SMILES string of the molecule is CC1CCC(O)(Cc2ccn(C)n2)C1. The quantitative estimate of drug-likeness (QED) is 0.775. The highest BCUT2D eigenvalue weighted by molar-refractivity contribution is 5.05.